The molecule has 1 aliphatic heterocycles. The summed E-state index contributed by atoms with van der Waals surface area (Å²) in [5.74, 6) is 0. The van der Waals surface area contributed by atoms with Crippen LogP contribution in [-0.4, -0.2) is 69.2 Å². The monoisotopic (exact) mass is 310 g/mol. The summed E-state index contributed by atoms with van der Waals surface area (Å²) in [6.07, 6.45) is 0. The lowest BCUT2D eigenvalue weighted by Gasteiger charge is -2.36. The highest BCUT2D eigenvalue weighted by Gasteiger charge is 2.21. The summed E-state index contributed by atoms with van der Waals surface area (Å²) >= 11 is 6.22. The molecule has 1 aromatic carbocycles. The molecule has 0 spiro atoms. The number of rotatable bonds is 4. The van der Waals surface area contributed by atoms with Gasteiger partial charge in [-0.1, -0.05) is 23.7 Å². The molecule has 2 amide bonds. The lowest BCUT2D eigenvalue weighted by Crippen LogP contribution is -2.52. The van der Waals surface area contributed by atoms with Crippen LogP contribution in [0.2, 0.25) is 5.02 Å². The van der Waals surface area contributed by atoms with Crippen LogP contribution >= 0.6 is 11.6 Å². The van der Waals surface area contributed by atoms with Crippen LogP contribution in [0, 0.1) is 0 Å². The molecule has 1 saturated heterocycles. The standard InChI is InChI=1S/C15H23ClN4O/c1-18(2)8-7-17-15(21)20-11-9-19(10-12-20)14-6-4-3-5-13(14)16/h3-6H,7-12H2,1-2H3,(H,17,21). The first kappa shape index (κ1) is 15.9. The van der Waals surface area contributed by atoms with E-state index in [1.54, 1.807) is 0 Å². The highest BCUT2D eigenvalue weighted by Crippen LogP contribution is 2.25. The highest BCUT2D eigenvalue weighted by molar-refractivity contribution is 6.33. The number of benzene rings is 1. The fraction of sp³-hybridized carbons (Fsp3) is 0.533. The molecule has 0 atom stereocenters. The second-order valence-corrected chi connectivity index (χ2v) is 5.87. The van der Waals surface area contributed by atoms with Gasteiger partial charge in [0.25, 0.3) is 0 Å². The van der Waals surface area contributed by atoms with Crippen molar-refractivity contribution >= 4 is 23.3 Å². The summed E-state index contributed by atoms with van der Waals surface area (Å²) in [7, 11) is 3.99. The maximum absolute atomic E-state index is 12.0. The number of carbonyl (C=O) groups excluding carboxylic acids is 1. The van der Waals surface area contributed by atoms with Gasteiger partial charge < -0.3 is 20.0 Å². The van der Waals surface area contributed by atoms with E-state index in [9.17, 15) is 4.79 Å². The van der Waals surface area contributed by atoms with E-state index in [0.29, 0.717) is 6.54 Å². The van der Waals surface area contributed by atoms with Gasteiger partial charge in [-0.2, -0.15) is 0 Å². The van der Waals surface area contributed by atoms with Crippen LogP contribution in [0.15, 0.2) is 24.3 Å². The number of urea groups is 1. The number of halogens is 1. The Kier molecular flexibility index (Phi) is 5.70. The topological polar surface area (TPSA) is 38.8 Å². The van der Waals surface area contributed by atoms with Crippen molar-refractivity contribution in [3.05, 3.63) is 29.3 Å². The van der Waals surface area contributed by atoms with Crippen LogP contribution in [0.4, 0.5) is 10.5 Å². The molecule has 0 bridgehead atoms. The van der Waals surface area contributed by atoms with Gasteiger partial charge in [-0.05, 0) is 26.2 Å². The largest absolute Gasteiger partial charge is 0.367 e. The summed E-state index contributed by atoms with van der Waals surface area (Å²) in [6.45, 7) is 4.59. The SMILES string of the molecule is CN(C)CCNC(=O)N1CCN(c2ccccc2Cl)CC1. The highest BCUT2D eigenvalue weighted by atomic mass is 35.5. The van der Waals surface area contributed by atoms with Gasteiger partial charge in [0.15, 0.2) is 0 Å². The summed E-state index contributed by atoms with van der Waals surface area (Å²) in [5, 5.41) is 3.72. The van der Waals surface area contributed by atoms with Gasteiger partial charge >= 0.3 is 6.03 Å². The Morgan fingerprint density at radius 2 is 1.90 bits per heavy atom. The molecule has 0 aliphatic carbocycles. The number of anilines is 1. The van der Waals surface area contributed by atoms with E-state index < -0.39 is 0 Å². The van der Waals surface area contributed by atoms with Crippen molar-refractivity contribution in [2.75, 3.05) is 58.3 Å². The average Bonchev–Trinajstić information content (AvgIpc) is 2.47. The van der Waals surface area contributed by atoms with Crippen molar-refractivity contribution in [2.45, 2.75) is 0 Å². The van der Waals surface area contributed by atoms with Crippen LogP contribution in [0.1, 0.15) is 0 Å². The number of nitrogens with zero attached hydrogens (tertiary/aromatic N) is 3. The van der Waals surface area contributed by atoms with Crippen LogP contribution in [0.5, 0.6) is 0 Å². The molecule has 0 saturated carbocycles. The van der Waals surface area contributed by atoms with E-state index in [0.717, 1.165) is 43.4 Å². The number of likely N-dealkylation sites (N-methyl/N-ethyl adjacent to an activating group) is 1. The maximum Gasteiger partial charge on any atom is 0.317 e. The molecular weight excluding hydrogens is 288 g/mol. The van der Waals surface area contributed by atoms with E-state index in [-0.39, 0.29) is 6.03 Å². The second-order valence-electron chi connectivity index (χ2n) is 5.46. The van der Waals surface area contributed by atoms with Gasteiger partial charge in [-0.25, -0.2) is 4.79 Å². The molecule has 6 heteroatoms. The zero-order valence-electron chi connectivity index (χ0n) is 12.7. The summed E-state index contributed by atoms with van der Waals surface area (Å²) in [5.41, 5.74) is 1.05. The minimum Gasteiger partial charge on any atom is -0.367 e. The number of amides is 2. The predicted octanol–water partition coefficient (Wildman–Crippen LogP) is 1.73. The van der Waals surface area contributed by atoms with Crippen molar-refractivity contribution < 1.29 is 4.79 Å². The number of piperazine rings is 1. The van der Waals surface area contributed by atoms with Gasteiger partial charge in [0, 0.05) is 39.3 Å². The van der Waals surface area contributed by atoms with E-state index >= 15 is 0 Å². The normalized spacial score (nSPS) is 15.4. The molecule has 2 rings (SSSR count). The van der Waals surface area contributed by atoms with Crippen LogP contribution in [0.3, 0.4) is 0 Å². The smallest absolute Gasteiger partial charge is 0.317 e. The number of carbonyl (C=O) groups is 1. The zero-order valence-corrected chi connectivity index (χ0v) is 13.4. The Labute approximate surface area is 131 Å². The van der Waals surface area contributed by atoms with Crippen LogP contribution in [0.25, 0.3) is 0 Å². The first-order valence-electron chi connectivity index (χ1n) is 7.25. The Morgan fingerprint density at radius 3 is 2.52 bits per heavy atom. The molecule has 0 aromatic heterocycles. The van der Waals surface area contributed by atoms with Crippen LogP contribution < -0.4 is 10.2 Å². The minimum absolute atomic E-state index is 0.0238. The Balaban J connectivity index is 1.80. The molecule has 116 valence electrons. The van der Waals surface area contributed by atoms with E-state index in [1.165, 1.54) is 0 Å². The molecule has 1 fully saturated rings. The molecule has 21 heavy (non-hydrogen) atoms. The summed E-state index contributed by atoms with van der Waals surface area (Å²) in [4.78, 5) is 18.2. The van der Waals surface area contributed by atoms with Crippen molar-refractivity contribution in [1.29, 1.82) is 0 Å². The van der Waals surface area contributed by atoms with Crippen molar-refractivity contribution in [2.24, 2.45) is 0 Å². The second kappa shape index (κ2) is 7.52. The molecule has 1 aliphatic rings. The fourth-order valence-electron chi connectivity index (χ4n) is 2.36. The van der Waals surface area contributed by atoms with Crippen molar-refractivity contribution in [3.8, 4) is 0 Å². The van der Waals surface area contributed by atoms with Crippen molar-refractivity contribution in [1.82, 2.24) is 15.1 Å². The number of hydrogen-bond donors (Lipinski definition) is 1. The Bertz CT molecular complexity index is 472. The third-order valence-corrected chi connectivity index (χ3v) is 3.91. The van der Waals surface area contributed by atoms with Crippen LogP contribution in [-0.2, 0) is 0 Å². The molecule has 0 unspecified atom stereocenters. The number of para-hydroxylation sites is 1. The van der Waals surface area contributed by atoms with Gasteiger partial charge in [0.05, 0.1) is 10.7 Å². The van der Waals surface area contributed by atoms with E-state index in [1.807, 2.05) is 43.3 Å². The first-order valence-corrected chi connectivity index (χ1v) is 7.62. The lowest BCUT2D eigenvalue weighted by molar-refractivity contribution is 0.193. The predicted molar refractivity (Wildman–Crippen MR) is 87.2 cm³/mol. The molecular formula is C15H23ClN4O. The lowest BCUT2D eigenvalue weighted by atomic mass is 10.2. The maximum atomic E-state index is 12.0. The van der Waals surface area contributed by atoms with E-state index in [4.69, 9.17) is 11.6 Å². The van der Waals surface area contributed by atoms with E-state index in [2.05, 4.69) is 15.1 Å². The molecule has 1 heterocycles. The van der Waals surface area contributed by atoms with Crippen molar-refractivity contribution in [3.63, 3.8) is 0 Å². The average molecular weight is 311 g/mol. The molecule has 1 aromatic rings. The number of nitrogens with one attached hydrogen (secondary N) is 1. The summed E-state index contributed by atoms with van der Waals surface area (Å²) in [6, 6.07) is 7.87. The first-order chi connectivity index (χ1) is 10.1. The summed E-state index contributed by atoms with van der Waals surface area (Å²) < 4.78 is 0. The molecule has 0 radical (unpaired) electrons. The van der Waals surface area contributed by atoms with Gasteiger partial charge in [0.2, 0.25) is 0 Å². The Morgan fingerprint density at radius 1 is 1.24 bits per heavy atom. The van der Waals surface area contributed by atoms with Gasteiger partial charge in [-0.15, -0.1) is 0 Å². The third kappa shape index (κ3) is 4.51. The molecule has 5 nitrogen and oxygen atoms in total. The molecule has 1 N–H and O–H groups in total. The zero-order chi connectivity index (χ0) is 15.2. The fourth-order valence-corrected chi connectivity index (χ4v) is 2.61. The minimum atomic E-state index is 0.0238. The quantitative estimate of drug-likeness (QED) is 0.920. The third-order valence-electron chi connectivity index (χ3n) is 3.60. The van der Waals surface area contributed by atoms with Gasteiger partial charge in [-0.3, -0.25) is 0 Å². The number of hydrogen-bond acceptors (Lipinski definition) is 3. The van der Waals surface area contributed by atoms with Gasteiger partial charge in [0.1, 0.15) is 0 Å². The Hall–Kier alpha value is -1.46.